The van der Waals surface area contributed by atoms with Crippen LogP contribution in [-0.2, 0) is 5.33 Å². The lowest BCUT2D eigenvalue weighted by atomic mass is 10.2. The Morgan fingerprint density at radius 3 is 2.71 bits per heavy atom. The molecule has 0 atom stereocenters. The summed E-state index contributed by atoms with van der Waals surface area (Å²) < 4.78 is 25.4. The number of carbonyl (C=O) groups excluding carboxylic acids is 1. The number of carbonyl (C=O) groups is 1. The van der Waals surface area contributed by atoms with Crippen LogP contribution in [0.4, 0.5) is 8.78 Å². The van der Waals surface area contributed by atoms with E-state index in [1.165, 1.54) is 0 Å². The Labute approximate surface area is 101 Å². The third-order valence-electron chi connectivity index (χ3n) is 1.55. The van der Waals surface area contributed by atoms with E-state index in [4.69, 9.17) is 0 Å². The molecule has 1 aromatic rings. The van der Waals surface area contributed by atoms with Crippen LogP contribution in [0.2, 0.25) is 0 Å². The van der Waals surface area contributed by atoms with Crippen LogP contribution in [0.3, 0.4) is 0 Å². The molecule has 0 aliphatic carbocycles. The molecular formula is C8H5BrF2INO. The molecule has 0 fully saturated rings. The molecule has 0 saturated carbocycles. The zero-order valence-corrected chi connectivity index (χ0v) is 10.5. The van der Waals surface area contributed by atoms with Gasteiger partial charge in [0.2, 0.25) is 0 Å². The van der Waals surface area contributed by atoms with Gasteiger partial charge in [-0.2, -0.15) is 0 Å². The highest BCUT2D eigenvalue weighted by atomic mass is 127. The van der Waals surface area contributed by atoms with Gasteiger partial charge in [-0.05, 0) is 28.7 Å². The standard InChI is InChI=1S/C8H5BrF2INO/c9-2-4-1-6(12)5(3-14)7(13-4)8(10)11/h1,3,8H,2H2. The Balaban J connectivity index is 3.35. The number of hydrogen-bond acceptors (Lipinski definition) is 2. The molecule has 0 saturated heterocycles. The third kappa shape index (κ3) is 2.47. The first-order valence-electron chi connectivity index (χ1n) is 3.58. The topological polar surface area (TPSA) is 30.0 Å². The van der Waals surface area contributed by atoms with Gasteiger partial charge in [0.05, 0.1) is 11.3 Å². The SMILES string of the molecule is O=Cc1c(I)cc(CBr)nc1C(F)F. The molecule has 0 amide bonds. The van der Waals surface area contributed by atoms with Crippen LogP contribution in [0.5, 0.6) is 0 Å². The van der Waals surface area contributed by atoms with Crippen LogP contribution in [0, 0.1) is 3.57 Å². The third-order valence-corrected chi connectivity index (χ3v) is 3.02. The van der Waals surface area contributed by atoms with Gasteiger partial charge >= 0.3 is 0 Å². The molecule has 6 heteroatoms. The maximum Gasteiger partial charge on any atom is 0.281 e. The first kappa shape index (κ1) is 12.0. The molecule has 76 valence electrons. The Bertz CT molecular complexity index is 359. The van der Waals surface area contributed by atoms with Gasteiger partial charge in [0, 0.05) is 8.90 Å². The van der Waals surface area contributed by atoms with Crippen molar-refractivity contribution in [1.82, 2.24) is 4.98 Å². The fraction of sp³-hybridized carbons (Fsp3) is 0.250. The van der Waals surface area contributed by atoms with Crippen molar-refractivity contribution in [3.63, 3.8) is 0 Å². The van der Waals surface area contributed by atoms with Crippen LogP contribution < -0.4 is 0 Å². The lowest BCUT2D eigenvalue weighted by molar-refractivity contribution is 0.110. The number of rotatable bonds is 3. The average Bonchev–Trinajstić information content (AvgIpc) is 2.16. The van der Waals surface area contributed by atoms with E-state index < -0.39 is 12.1 Å². The van der Waals surface area contributed by atoms with E-state index in [1.807, 2.05) is 22.6 Å². The summed E-state index contributed by atoms with van der Waals surface area (Å²) in [7, 11) is 0. The molecule has 14 heavy (non-hydrogen) atoms. The van der Waals surface area contributed by atoms with Crippen molar-refractivity contribution in [2.75, 3.05) is 0 Å². The molecule has 0 aliphatic rings. The number of aromatic nitrogens is 1. The average molecular weight is 376 g/mol. The summed E-state index contributed by atoms with van der Waals surface area (Å²) in [6, 6.07) is 1.60. The molecule has 0 radical (unpaired) electrons. The minimum Gasteiger partial charge on any atom is -0.298 e. The summed E-state index contributed by atoms with van der Waals surface area (Å²) in [5.41, 5.74) is 0.0296. The van der Waals surface area contributed by atoms with Crippen molar-refractivity contribution in [2.24, 2.45) is 0 Å². The summed E-state index contributed by atoms with van der Waals surface area (Å²) >= 11 is 4.97. The zero-order valence-electron chi connectivity index (χ0n) is 6.81. The Hall–Kier alpha value is -0.110. The van der Waals surface area contributed by atoms with Crippen molar-refractivity contribution in [3.05, 3.63) is 26.6 Å². The number of hydrogen-bond donors (Lipinski definition) is 0. The number of aldehydes is 1. The summed E-state index contributed by atoms with van der Waals surface area (Å²) in [5, 5.41) is 0.391. The van der Waals surface area contributed by atoms with Gasteiger partial charge in [-0.25, -0.2) is 8.78 Å². The molecule has 0 N–H and O–H groups in total. The fourth-order valence-electron chi connectivity index (χ4n) is 0.945. The molecule has 1 rings (SSSR count). The van der Waals surface area contributed by atoms with E-state index >= 15 is 0 Å². The van der Waals surface area contributed by atoms with Crippen LogP contribution in [0.15, 0.2) is 6.07 Å². The molecule has 0 unspecified atom stereocenters. The highest BCUT2D eigenvalue weighted by Gasteiger charge is 2.18. The summed E-state index contributed by atoms with van der Waals surface area (Å²) in [5.74, 6) is 0. The first-order chi connectivity index (χ1) is 6.60. The normalized spacial score (nSPS) is 10.6. The van der Waals surface area contributed by atoms with Crippen LogP contribution in [0.25, 0.3) is 0 Å². The number of nitrogens with zero attached hydrogens (tertiary/aromatic N) is 1. The molecule has 1 aromatic heterocycles. The minimum atomic E-state index is -2.72. The molecule has 0 bridgehead atoms. The minimum absolute atomic E-state index is 0.0229. The Morgan fingerprint density at radius 1 is 1.64 bits per heavy atom. The van der Waals surface area contributed by atoms with E-state index in [2.05, 4.69) is 20.9 Å². The summed E-state index contributed by atoms with van der Waals surface area (Å²) in [6.45, 7) is 0. The second kappa shape index (κ2) is 5.11. The smallest absolute Gasteiger partial charge is 0.281 e. The zero-order chi connectivity index (χ0) is 10.7. The van der Waals surface area contributed by atoms with E-state index in [-0.39, 0.29) is 5.56 Å². The maximum absolute atomic E-state index is 12.5. The second-order valence-corrected chi connectivity index (χ2v) is 4.17. The Kier molecular flexibility index (Phi) is 4.36. The predicted octanol–water partition coefficient (Wildman–Crippen LogP) is 3.33. The maximum atomic E-state index is 12.5. The van der Waals surface area contributed by atoms with Crippen LogP contribution >= 0.6 is 38.5 Å². The molecule has 0 spiro atoms. The van der Waals surface area contributed by atoms with E-state index in [9.17, 15) is 13.6 Å². The van der Waals surface area contributed by atoms with Crippen molar-refractivity contribution in [1.29, 1.82) is 0 Å². The molecule has 0 aliphatic heterocycles. The van der Waals surface area contributed by atoms with Gasteiger partial charge in [0.15, 0.2) is 6.29 Å². The Morgan fingerprint density at radius 2 is 2.29 bits per heavy atom. The molecular weight excluding hydrogens is 371 g/mol. The fourth-order valence-corrected chi connectivity index (χ4v) is 2.00. The van der Waals surface area contributed by atoms with Crippen molar-refractivity contribution < 1.29 is 13.6 Å². The summed E-state index contributed by atoms with van der Waals surface area (Å²) in [4.78, 5) is 14.3. The summed E-state index contributed by atoms with van der Waals surface area (Å²) in [6.07, 6.45) is -2.31. The highest BCUT2D eigenvalue weighted by Crippen LogP contribution is 2.24. The van der Waals surface area contributed by atoms with Gasteiger partial charge in [-0.3, -0.25) is 9.78 Å². The van der Waals surface area contributed by atoms with Crippen molar-refractivity contribution >= 4 is 44.8 Å². The molecule has 0 aromatic carbocycles. The van der Waals surface area contributed by atoms with E-state index in [1.54, 1.807) is 6.07 Å². The molecule has 2 nitrogen and oxygen atoms in total. The van der Waals surface area contributed by atoms with Gasteiger partial charge in [0.25, 0.3) is 6.43 Å². The highest BCUT2D eigenvalue weighted by molar-refractivity contribution is 14.1. The van der Waals surface area contributed by atoms with Gasteiger partial charge in [-0.1, -0.05) is 15.9 Å². The van der Waals surface area contributed by atoms with Crippen LogP contribution in [-0.4, -0.2) is 11.3 Å². The predicted molar refractivity (Wildman–Crippen MR) is 59.9 cm³/mol. The monoisotopic (exact) mass is 375 g/mol. The van der Waals surface area contributed by atoms with E-state index in [0.717, 1.165) is 0 Å². The number of alkyl halides is 3. The van der Waals surface area contributed by atoms with Crippen molar-refractivity contribution in [3.8, 4) is 0 Å². The van der Waals surface area contributed by atoms with Gasteiger partial charge in [0.1, 0.15) is 5.69 Å². The quantitative estimate of drug-likeness (QED) is 0.461. The lowest BCUT2D eigenvalue weighted by Crippen LogP contribution is -2.03. The first-order valence-corrected chi connectivity index (χ1v) is 5.78. The van der Waals surface area contributed by atoms with Crippen LogP contribution in [0.1, 0.15) is 28.2 Å². The number of pyridine rings is 1. The van der Waals surface area contributed by atoms with E-state index in [0.29, 0.717) is 20.9 Å². The molecule has 1 heterocycles. The second-order valence-electron chi connectivity index (χ2n) is 2.45. The van der Waals surface area contributed by atoms with Crippen molar-refractivity contribution in [2.45, 2.75) is 11.8 Å². The lowest BCUT2D eigenvalue weighted by Gasteiger charge is -2.06. The number of halogens is 4. The van der Waals surface area contributed by atoms with Gasteiger partial charge < -0.3 is 0 Å². The van der Waals surface area contributed by atoms with Gasteiger partial charge in [-0.15, -0.1) is 0 Å². The largest absolute Gasteiger partial charge is 0.298 e.